The lowest BCUT2D eigenvalue weighted by Gasteiger charge is -2.40. The van der Waals surface area contributed by atoms with Crippen LogP contribution in [-0.4, -0.2) is 48.1 Å². The van der Waals surface area contributed by atoms with Crippen molar-refractivity contribution >= 4 is 5.82 Å². The second-order valence-electron chi connectivity index (χ2n) is 6.44. The Morgan fingerprint density at radius 3 is 2.71 bits per heavy atom. The van der Waals surface area contributed by atoms with E-state index in [4.69, 9.17) is 4.98 Å². The molecule has 0 spiro atoms. The minimum absolute atomic E-state index is 0.507. The van der Waals surface area contributed by atoms with Crippen molar-refractivity contribution in [3.63, 3.8) is 0 Å². The van der Waals surface area contributed by atoms with Gasteiger partial charge in [-0.2, -0.15) is 0 Å². The SMILES string of the molecule is CCN1CCN(c2ncc(CNC(C)C)cc2C)CC1C. The summed E-state index contributed by atoms with van der Waals surface area (Å²) in [7, 11) is 0. The molecule has 4 heteroatoms. The van der Waals surface area contributed by atoms with E-state index in [0.29, 0.717) is 12.1 Å². The molecule has 21 heavy (non-hydrogen) atoms. The third-order valence-electron chi connectivity index (χ3n) is 4.29. The molecule has 1 fully saturated rings. The molecule has 0 aliphatic carbocycles. The summed E-state index contributed by atoms with van der Waals surface area (Å²) in [6, 6.07) is 3.38. The zero-order valence-electron chi connectivity index (χ0n) is 14.2. The first kappa shape index (κ1) is 16.2. The van der Waals surface area contributed by atoms with Gasteiger partial charge < -0.3 is 10.2 Å². The summed E-state index contributed by atoms with van der Waals surface area (Å²) in [5, 5.41) is 3.45. The van der Waals surface area contributed by atoms with Crippen LogP contribution >= 0.6 is 0 Å². The van der Waals surface area contributed by atoms with Crippen LogP contribution in [0.3, 0.4) is 0 Å². The highest BCUT2D eigenvalue weighted by molar-refractivity contribution is 5.48. The van der Waals surface area contributed by atoms with Gasteiger partial charge in [0.2, 0.25) is 0 Å². The smallest absolute Gasteiger partial charge is 0.131 e. The zero-order chi connectivity index (χ0) is 15.4. The molecule has 0 radical (unpaired) electrons. The van der Waals surface area contributed by atoms with E-state index in [9.17, 15) is 0 Å². The lowest BCUT2D eigenvalue weighted by Crippen LogP contribution is -2.52. The molecule has 1 unspecified atom stereocenters. The molecule has 1 aliphatic rings. The number of aromatic nitrogens is 1. The molecule has 1 aliphatic heterocycles. The number of pyridine rings is 1. The monoisotopic (exact) mass is 290 g/mol. The molecule has 1 saturated heterocycles. The van der Waals surface area contributed by atoms with Crippen molar-refractivity contribution < 1.29 is 0 Å². The predicted octanol–water partition coefficient (Wildman–Crippen LogP) is 2.42. The predicted molar refractivity (Wildman–Crippen MR) is 89.9 cm³/mol. The largest absolute Gasteiger partial charge is 0.354 e. The van der Waals surface area contributed by atoms with E-state index >= 15 is 0 Å². The number of anilines is 1. The molecule has 0 amide bonds. The Bertz CT molecular complexity index is 458. The maximum absolute atomic E-state index is 4.73. The molecule has 1 aromatic heterocycles. The van der Waals surface area contributed by atoms with Crippen molar-refractivity contribution in [3.8, 4) is 0 Å². The average molecular weight is 290 g/mol. The van der Waals surface area contributed by atoms with Crippen LogP contribution in [0.25, 0.3) is 0 Å². The van der Waals surface area contributed by atoms with Gasteiger partial charge in [-0.15, -0.1) is 0 Å². The molecule has 118 valence electrons. The molecular formula is C17H30N4. The van der Waals surface area contributed by atoms with Crippen LogP contribution in [0.5, 0.6) is 0 Å². The van der Waals surface area contributed by atoms with Crippen molar-refractivity contribution in [2.24, 2.45) is 0 Å². The molecule has 4 nitrogen and oxygen atoms in total. The third kappa shape index (κ3) is 4.17. The number of rotatable bonds is 5. The molecule has 1 aromatic rings. The number of aryl methyl sites for hydroxylation is 1. The van der Waals surface area contributed by atoms with Crippen molar-refractivity contribution in [3.05, 3.63) is 23.4 Å². The molecule has 0 bridgehead atoms. The number of hydrogen-bond acceptors (Lipinski definition) is 4. The summed E-state index contributed by atoms with van der Waals surface area (Å²) >= 11 is 0. The number of nitrogens with one attached hydrogen (secondary N) is 1. The quantitative estimate of drug-likeness (QED) is 0.902. The third-order valence-corrected chi connectivity index (χ3v) is 4.29. The Morgan fingerprint density at radius 1 is 1.38 bits per heavy atom. The van der Waals surface area contributed by atoms with Crippen LogP contribution in [-0.2, 0) is 6.54 Å². The van der Waals surface area contributed by atoms with Gasteiger partial charge in [0.15, 0.2) is 0 Å². The average Bonchev–Trinajstić information content (AvgIpc) is 2.45. The Morgan fingerprint density at radius 2 is 2.14 bits per heavy atom. The van der Waals surface area contributed by atoms with Crippen molar-refractivity contribution in [2.45, 2.75) is 53.2 Å². The van der Waals surface area contributed by atoms with Crippen LogP contribution in [0.4, 0.5) is 5.82 Å². The van der Waals surface area contributed by atoms with Crippen LogP contribution in [0, 0.1) is 6.92 Å². The molecular weight excluding hydrogens is 260 g/mol. The Hall–Kier alpha value is -1.13. The topological polar surface area (TPSA) is 31.4 Å². The summed E-state index contributed by atoms with van der Waals surface area (Å²) in [5.74, 6) is 1.16. The number of nitrogens with zero attached hydrogens (tertiary/aromatic N) is 3. The van der Waals surface area contributed by atoms with Gasteiger partial charge in [-0.1, -0.05) is 20.8 Å². The minimum atomic E-state index is 0.507. The van der Waals surface area contributed by atoms with Gasteiger partial charge in [-0.25, -0.2) is 4.98 Å². The summed E-state index contributed by atoms with van der Waals surface area (Å²) in [4.78, 5) is 9.70. The maximum Gasteiger partial charge on any atom is 0.131 e. The summed E-state index contributed by atoms with van der Waals surface area (Å²) in [5.41, 5.74) is 2.56. The van der Waals surface area contributed by atoms with Crippen LogP contribution in [0.15, 0.2) is 12.3 Å². The van der Waals surface area contributed by atoms with E-state index in [0.717, 1.165) is 38.5 Å². The molecule has 1 atom stereocenters. The van der Waals surface area contributed by atoms with Crippen molar-refractivity contribution in [1.82, 2.24) is 15.2 Å². The fourth-order valence-corrected chi connectivity index (χ4v) is 3.03. The second-order valence-corrected chi connectivity index (χ2v) is 6.44. The first-order chi connectivity index (χ1) is 10.0. The summed E-state index contributed by atoms with van der Waals surface area (Å²) < 4.78 is 0. The molecule has 2 heterocycles. The lowest BCUT2D eigenvalue weighted by atomic mass is 10.1. The Kier molecular flexibility index (Phi) is 5.59. The first-order valence-corrected chi connectivity index (χ1v) is 8.19. The van der Waals surface area contributed by atoms with Gasteiger partial charge in [0, 0.05) is 44.5 Å². The maximum atomic E-state index is 4.73. The summed E-state index contributed by atoms with van der Waals surface area (Å²) in [6.07, 6.45) is 2.02. The molecule has 0 saturated carbocycles. The van der Waals surface area contributed by atoms with Crippen molar-refractivity contribution in [1.29, 1.82) is 0 Å². The van der Waals surface area contributed by atoms with Crippen LogP contribution in [0.2, 0.25) is 0 Å². The lowest BCUT2D eigenvalue weighted by molar-refractivity contribution is 0.199. The fourth-order valence-electron chi connectivity index (χ4n) is 3.03. The Balaban J connectivity index is 2.04. The van der Waals surface area contributed by atoms with Gasteiger partial charge >= 0.3 is 0 Å². The zero-order valence-corrected chi connectivity index (χ0v) is 14.2. The minimum Gasteiger partial charge on any atom is -0.354 e. The molecule has 0 aromatic carbocycles. The van der Waals surface area contributed by atoms with Gasteiger partial charge in [-0.3, -0.25) is 4.90 Å². The highest BCUT2D eigenvalue weighted by Gasteiger charge is 2.24. The number of piperazine rings is 1. The highest BCUT2D eigenvalue weighted by Crippen LogP contribution is 2.21. The van der Waals surface area contributed by atoms with E-state index in [1.54, 1.807) is 0 Å². The first-order valence-electron chi connectivity index (χ1n) is 8.19. The van der Waals surface area contributed by atoms with E-state index in [-0.39, 0.29) is 0 Å². The van der Waals surface area contributed by atoms with Gasteiger partial charge in [0.1, 0.15) is 5.82 Å². The van der Waals surface area contributed by atoms with Crippen molar-refractivity contribution in [2.75, 3.05) is 31.1 Å². The normalized spacial score (nSPS) is 20.3. The molecule has 1 N–H and O–H groups in total. The van der Waals surface area contributed by atoms with E-state index < -0.39 is 0 Å². The molecule has 2 rings (SSSR count). The standard InChI is InChI=1S/C17H30N4/c1-6-20-7-8-21(12-15(20)5)17-14(4)9-16(11-19-17)10-18-13(2)3/h9,11,13,15,18H,6-8,10,12H2,1-5H3. The van der Waals surface area contributed by atoms with Gasteiger partial charge in [-0.05, 0) is 37.6 Å². The number of hydrogen-bond donors (Lipinski definition) is 1. The van der Waals surface area contributed by atoms with Crippen LogP contribution in [0.1, 0.15) is 38.8 Å². The van der Waals surface area contributed by atoms with E-state index in [2.05, 4.69) is 55.8 Å². The van der Waals surface area contributed by atoms with E-state index in [1.807, 2.05) is 6.20 Å². The summed E-state index contributed by atoms with van der Waals surface area (Å²) in [6.45, 7) is 16.4. The fraction of sp³-hybridized carbons (Fsp3) is 0.706. The number of likely N-dealkylation sites (N-methyl/N-ethyl adjacent to an activating group) is 1. The van der Waals surface area contributed by atoms with E-state index in [1.165, 1.54) is 11.1 Å². The van der Waals surface area contributed by atoms with Gasteiger partial charge in [0.05, 0.1) is 0 Å². The van der Waals surface area contributed by atoms with Gasteiger partial charge in [0.25, 0.3) is 0 Å². The second kappa shape index (κ2) is 7.23. The van der Waals surface area contributed by atoms with Crippen LogP contribution < -0.4 is 10.2 Å². The highest BCUT2D eigenvalue weighted by atomic mass is 15.3. The Labute approximate surface area is 129 Å².